The standard InChI is InChI=1S/C48H30/c1-3-19-33-31(15-1)17-13-29-35(33)45-37-21-5-9-25-41(37)47(42-26-10-6-22-38(42)45)48-43-27-11-7-23-39(43)46(40-24-8-12-28-44(40)48)36-30-14-18-32-16-2-4-20-34(32)36/h1-30H. The van der Waals surface area contributed by atoms with Gasteiger partial charge in [-0.2, -0.15) is 0 Å². The zero-order valence-electron chi connectivity index (χ0n) is 26.3. The van der Waals surface area contributed by atoms with Gasteiger partial charge in [-0.15, -0.1) is 0 Å². The molecule has 10 rings (SSSR count). The highest BCUT2D eigenvalue weighted by molar-refractivity contribution is 6.31. The highest BCUT2D eigenvalue weighted by atomic mass is 14.3. The predicted octanol–water partition coefficient (Wildman–Crippen LogP) is 13.6. The predicted molar refractivity (Wildman–Crippen MR) is 208 cm³/mol. The molecule has 0 aliphatic heterocycles. The van der Waals surface area contributed by atoms with Gasteiger partial charge < -0.3 is 0 Å². The lowest BCUT2D eigenvalue weighted by molar-refractivity contribution is 1.68. The van der Waals surface area contributed by atoms with Crippen molar-refractivity contribution in [1.82, 2.24) is 0 Å². The third-order valence-corrected chi connectivity index (χ3v) is 10.2. The van der Waals surface area contributed by atoms with Crippen LogP contribution in [0.1, 0.15) is 0 Å². The molecule has 222 valence electrons. The zero-order valence-corrected chi connectivity index (χ0v) is 26.3. The maximum atomic E-state index is 2.33. The summed E-state index contributed by atoms with van der Waals surface area (Å²) in [6.45, 7) is 0. The molecule has 0 fully saturated rings. The minimum Gasteiger partial charge on any atom is -0.0616 e. The van der Waals surface area contributed by atoms with E-state index >= 15 is 0 Å². The van der Waals surface area contributed by atoms with Crippen molar-refractivity contribution in [3.63, 3.8) is 0 Å². The molecule has 0 atom stereocenters. The lowest BCUT2D eigenvalue weighted by atomic mass is 9.80. The molecule has 0 aromatic heterocycles. The summed E-state index contributed by atoms with van der Waals surface area (Å²) in [5, 5.41) is 15.2. The van der Waals surface area contributed by atoms with Crippen molar-refractivity contribution in [2.24, 2.45) is 0 Å². The Kier molecular flexibility index (Phi) is 5.98. The van der Waals surface area contributed by atoms with E-state index in [0.717, 1.165) is 0 Å². The van der Waals surface area contributed by atoms with Gasteiger partial charge >= 0.3 is 0 Å². The average Bonchev–Trinajstić information content (AvgIpc) is 3.16. The van der Waals surface area contributed by atoms with E-state index in [0.29, 0.717) is 0 Å². The molecule has 0 aliphatic rings. The van der Waals surface area contributed by atoms with Crippen LogP contribution in [0.4, 0.5) is 0 Å². The zero-order chi connectivity index (χ0) is 31.6. The summed E-state index contributed by atoms with van der Waals surface area (Å²) in [6, 6.07) is 67.0. The number of hydrogen-bond acceptors (Lipinski definition) is 0. The molecule has 0 heterocycles. The van der Waals surface area contributed by atoms with E-state index in [-0.39, 0.29) is 0 Å². The van der Waals surface area contributed by atoms with E-state index in [1.54, 1.807) is 0 Å². The van der Waals surface area contributed by atoms with Crippen molar-refractivity contribution >= 4 is 64.6 Å². The first kappa shape index (κ1) is 26.9. The first-order chi connectivity index (χ1) is 23.9. The molecule has 0 aliphatic carbocycles. The second-order valence-corrected chi connectivity index (χ2v) is 12.7. The van der Waals surface area contributed by atoms with Gasteiger partial charge in [-0.05, 0) is 98.0 Å². The molecule has 0 N–H and O–H groups in total. The van der Waals surface area contributed by atoms with E-state index in [4.69, 9.17) is 0 Å². The van der Waals surface area contributed by atoms with Gasteiger partial charge in [0.05, 0.1) is 0 Å². The Bertz CT molecular complexity index is 2570. The van der Waals surface area contributed by atoms with Crippen molar-refractivity contribution in [1.29, 1.82) is 0 Å². The van der Waals surface area contributed by atoms with Crippen molar-refractivity contribution < 1.29 is 0 Å². The van der Waals surface area contributed by atoms with Gasteiger partial charge in [-0.1, -0.05) is 182 Å². The number of hydrogen-bond donors (Lipinski definition) is 0. The highest BCUT2D eigenvalue weighted by Gasteiger charge is 2.23. The lowest BCUT2D eigenvalue weighted by Gasteiger charge is -2.23. The molecule has 0 heteroatoms. The van der Waals surface area contributed by atoms with Crippen molar-refractivity contribution in [2.75, 3.05) is 0 Å². The van der Waals surface area contributed by atoms with Crippen LogP contribution in [0.3, 0.4) is 0 Å². The van der Waals surface area contributed by atoms with Crippen molar-refractivity contribution in [3.05, 3.63) is 182 Å². The van der Waals surface area contributed by atoms with E-state index in [9.17, 15) is 0 Å². The lowest BCUT2D eigenvalue weighted by Crippen LogP contribution is -1.95. The topological polar surface area (TPSA) is 0 Å². The molecule has 10 aromatic carbocycles. The second kappa shape index (κ2) is 10.7. The summed E-state index contributed by atoms with van der Waals surface area (Å²) >= 11 is 0. The normalized spacial score (nSPS) is 11.8. The molecule has 0 saturated carbocycles. The summed E-state index contributed by atoms with van der Waals surface area (Å²) in [5.74, 6) is 0. The molecule has 0 unspecified atom stereocenters. The summed E-state index contributed by atoms with van der Waals surface area (Å²) in [4.78, 5) is 0. The fraction of sp³-hybridized carbons (Fsp3) is 0. The second-order valence-electron chi connectivity index (χ2n) is 12.7. The highest BCUT2D eigenvalue weighted by Crippen LogP contribution is 2.51. The summed E-state index contributed by atoms with van der Waals surface area (Å²) in [5.41, 5.74) is 7.72. The van der Waals surface area contributed by atoms with E-state index < -0.39 is 0 Å². The molecule has 0 bridgehead atoms. The third kappa shape index (κ3) is 3.90. The van der Waals surface area contributed by atoms with Crippen LogP contribution in [0.25, 0.3) is 98.0 Å². The number of benzene rings is 10. The van der Waals surface area contributed by atoms with Crippen LogP contribution in [-0.2, 0) is 0 Å². The van der Waals surface area contributed by atoms with Crippen molar-refractivity contribution in [3.8, 4) is 33.4 Å². The Morgan fingerprint density at radius 3 is 0.708 bits per heavy atom. The smallest absolute Gasteiger partial charge is 0.00139 e. The van der Waals surface area contributed by atoms with Crippen LogP contribution in [0, 0.1) is 0 Å². The molecule has 0 nitrogen and oxygen atoms in total. The van der Waals surface area contributed by atoms with Gasteiger partial charge in [0.1, 0.15) is 0 Å². The fourth-order valence-electron chi connectivity index (χ4n) is 8.26. The first-order valence-corrected chi connectivity index (χ1v) is 16.7. The first-order valence-electron chi connectivity index (χ1n) is 16.7. The molecule has 0 spiro atoms. The minimum absolute atomic E-state index is 1.26. The minimum atomic E-state index is 1.26. The monoisotopic (exact) mass is 606 g/mol. The van der Waals surface area contributed by atoms with Gasteiger partial charge in [0.25, 0.3) is 0 Å². The molecule has 0 radical (unpaired) electrons. The Labute approximate surface area is 279 Å². The van der Waals surface area contributed by atoms with Crippen LogP contribution in [0.15, 0.2) is 182 Å². The Morgan fingerprint density at radius 2 is 0.396 bits per heavy atom. The molecule has 48 heavy (non-hydrogen) atoms. The molecule has 0 amide bonds. The maximum absolute atomic E-state index is 2.33. The van der Waals surface area contributed by atoms with Gasteiger partial charge in [0.15, 0.2) is 0 Å². The van der Waals surface area contributed by atoms with Crippen LogP contribution < -0.4 is 0 Å². The van der Waals surface area contributed by atoms with Crippen LogP contribution >= 0.6 is 0 Å². The molecule has 0 saturated heterocycles. The maximum Gasteiger partial charge on any atom is -0.00139 e. The quantitative estimate of drug-likeness (QED) is 0.176. The van der Waals surface area contributed by atoms with Gasteiger partial charge in [0.2, 0.25) is 0 Å². The Hall–Kier alpha value is -6.24. The Balaban J connectivity index is 1.40. The molecular weight excluding hydrogens is 577 g/mol. The Morgan fingerprint density at radius 1 is 0.167 bits per heavy atom. The SMILES string of the molecule is c1ccc2c(-c3c4ccccc4c(-c4c5ccccc5c(-c5cccc6ccccc56)c5ccccc45)c4ccccc34)cccc2c1. The average molecular weight is 607 g/mol. The number of fused-ring (bicyclic) bond motifs is 6. The van der Waals surface area contributed by atoms with E-state index in [2.05, 4.69) is 182 Å². The third-order valence-electron chi connectivity index (χ3n) is 10.2. The van der Waals surface area contributed by atoms with Gasteiger partial charge in [0, 0.05) is 0 Å². The largest absolute Gasteiger partial charge is 0.0616 e. The molecular formula is C48H30. The fourth-order valence-corrected chi connectivity index (χ4v) is 8.26. The van der Waals surface area contributed by atoms with Crippen LogP contribution in [-0.4, -0.2) is 0 Å². The van der Waals surface area contributed by atoms with Gasteiger partial charge in [-0.3, -0.25) is 0 Å². The van der Waals surface area contributed by atoms with E-state index in [1.165, 1.54) is 98.0 Å². The summed E-state index contributed by atoms with van der Waals surface area (Å²) in [7, 11) is 0. The molecule has 10 aromatic rings. The summed E-state index contributed by atoms with van der Waals surface area (Å²) in [6.07, 6.45) is 0. The van der Waals surface area contributed by atoms with Crippen molar-refractivity contribution in [2.45, 2.75) is 0 Å². The summed E-state index contributed by atoms with van der Waals surface area (Å²) < 4.78 is 0. The van der Waals surface area contributed by atoms with Crippen LogP contribution in [0.2, 0.25) is 0 Å². The van der Waals surface area contributed by atoms with Crippen LogP contribution in [0.5, 0.6) is 0 Å². The van der Waals surface area contributed by atoms with Gasteiger partial charge in [-0.25, -0.2) is 0 Å². The number of rotatable bonds is 3. The van der Waals surface area contributed by atoms with E-state index in [1.807, 2.05) is 0 Å².